The van der Waals surface area contributed by atoms with E-state index < -0.39 is 0 Å². The predicted octanol–water partition coefficient (Wildman–Crippen LogP) is 2.75. The van der Waals surface area contributed by atoms with E-state index in [9.17, 15) is 0 Å². The van der Waals surface area contributed by atoms with Gasteiger partial charge >= 0.3 is 0 Å². The van der Waals surface area contributed by atoms with E-state index in [1.165, 1.54) is 32.1 Å². The van der Waals surface area contributed by atoms with Crippen LogP contribution in [-0.2, 0) is 4.74 Å². The second-order valence-electron chi connectivity index (χ2n) is 4.56. The minimum atomic E-state index is 0.726. The van der Waals surface area contributed by atoms with E-state index in [1.807, 2.05) is 0 Å². The highest BCUT2D eigenvalue weighted by Crippen LogP contribution is 2.29. The van der Waals surface area contributed by atoms with Gasteiger partial charge in [-0.25, -0.2) is 0 Å². The molecule has 2 nitrogen and oxygen atoms in total. The Hall–Kier alpha value is -0.340. The molecular formula is C13H25NO. The smallest absolute Gasteiger partial charge is 0.0686 e. The molecular weight excluding hydrogens is 186 g/mol. The highest BCUT2D eigenvalue weighted by Gasteiger charge is 2.16. The fourth-order valence-corrected chi connectivity index (χ4v) is 1.74. The fourth-order valence-electron chi connectivity index (χ4n) is 1.74. The Morgan fingerprint density at radius 2 is 2.27 bits per heavy atom. The zero-order valence-electron chi connectivity index (χ0n) is 10.1. The summed E-state index contributed by atoms with van der Waals surface area (Å²) >= 11 is 0. The molecule has 1 aliphatic rings. The maximum Gasteiger partial charge on any atom is 0.0686 e. The van der Waals surface area contributed by atoms with Crippen molar-refractivity contribution < 1.29 is 4.74 Å². The van der Waals surface area contributed by atoms with Crippen LogP contribution in [0.5, 0.6) is 0 Å². The number of nitrogens with one attached hydrogen (secondary N) is 1. The Morgan fingerprint density at radius 3 is 2.87 bits per heavy atom. The first kappa shape index (κ1) is 12.7. The molecule has 0 amide bonds. The predicted molar refractivity (Wildman–Crippen MR) is 65.1 cm³/mol. The molecule has 1 fully saturated rings. The summed E-state index contributed by atoms with van der Waals surface area (Å²) < 4.78 is 5.59. The molecule has 0 unspecified atom stereocenters. The monoisotopic (exact) mass is 211 g/mol. The maximum absolute atomic E-state index is 5.59. The van der Waals surface area contributed by atoms with Gasteiger partial charge in [0.25, 0.3) is 0 Å². The van der Waals surface area contributed by atoms with Crippen LogP contribution in [0.25, 0.3) is 0 Å². The first-order chi connectivity index (χ1) is 7.33. The van der Waals surface area contributed by atoms with Crippen LogP contribution in [0.1, 0.15) is 39.0 Å². The third-order valence-corrected chi connectivity index (χ3v) is 3.00. The summed E-state index contributed by atoms with van der Waals surface area (Å²) in [4.78, 5) is 0. The first-order valence-corrected chi connectivity index (χ1v) is 6.28. The molecule has 1 saturated carbocycles. The molecule has 1 aliphatic carbocycles. The molecule has 0 aliphatic heterocycles. The second-order valence-corrected chi connectivity index (χ2v) is 4.56. The van der Waals surface area contributed by atoms with Gasteiger partial charge < -0.3 is 10.1 Å². The number of rotatable bonds is 9. The van der Waals surface area contributed by atoms with E-state index in [2.05, 4.69) is 18.8 Å². The standard InChI is InChI=1S/C13H25NO/c1-3-8-14-10-12(2)11-15-9-7-13-5-4-6-13/h13-14H,2-11H2,1H3. The summed E-state index contributed by atoms with van der Waals surface area (Å²) in [5.41, 5.74) is 1.16. The van der Waals surface area contributed by atoms with Crippen molar-refractivity contribution in [2.75, 3.05) is 26.3 Å². The van der Waals surface area contributed by atoms with Gasteiger partial charge in [-0.2, -0.15) is 0 Å². The van der Waals surface area contributed by atoms with Crippen LogP contribution >= 0.6 is 0 Å². The molecule has 0 atom stereocenters. The fraction of sp³-hybridized carbons (Fsp3) is 0.846. The van der Waals surface area contributed by atoms with Gasteiger partial charge in [0.2, 0.25) is 0 Å². The van der Waals surface area contributed by atoms with Crippen molar-refractivity contribution in [1.29, 1.82) is 0 Å². The van der Waals surface area contributed by atoms with E-state index >= 15 is 0 Å². The zero-order chi connectivity index (χ0) is 10.9. The second kappa shape index (κ2) is 7.89. The topological polar surface area (TPSA) is 21.3 Å². The van der Waals surface area contributed by atoms with Gasteiger partial charge in [-0.15, -0.1) is 0 Å². The molecule has 15 heavy (non-hydrogen) atoms. The van der Waals surface area contributed by atoms with Gasteiger partial charge in [-0.05, 0) is 30.9 Å². The summed E-state index contributed by atoms with van der Waals surface area (Å²) in [5, 5.41) is 3.33. The molecule has 1 rings (SSSR count). The summed E-state index contributed by atoms with van der Waals surface area (Å²) in [5.74, 6) is 0.955. The minimum absolute atomic E-state index is 0.726. The molecule has 0 aromatic rings. The Kier molecular flexibility index (Phi) is 6.69. The van der Waals surface area contributed by atoms with Crippen LogP contribution in [0, 0.1) is 5.92 Å². The first-order valence-electron chi connectivity index (χ1n) is 6.28. The highest BCUT2D eigenvalue weighted by atomic mass is 16.5. The molecule has 88 valence electrons. The van der Waals surface area contributed by atoms with E-state index in [1.54, 1.807) is 0 Å². The largest absolute Gasteiger partial charge is 0.377 e. The SMILES string of the molecule is C=C(CNCCC)COCCC1CCC1. The van der Waals surface area contributed by atoms with Crippen molar-refractivity contribution >= 4 is 0 Å². The Bertz CT molecular complexity index is 175. The normalized spacial score (nSPS) is 16.3. The van der Waals surface area contributed by atoms with Gasteiger partial charge in [-0.1, -0.05) is 32.8 Å². The van der Waals surface area contributed by atoms with E-state index in [0.29, 0.717) is 0 Å². The quantitative estimate of drug-likeness (QED) is 0.468. The lowest BCUT2D eigenvalue weighted by Gasteiger charge is -2.24. The molecule has 0 radical (unpaired) electrons. The Balaban J connectivity index is 1.83. The van der Waals surface area contributed by atoms with Gasteiger partial charge in [0.1, 0.15) is 0 Å². The van der Waals surface area contributed by atoms with Crippen LogP contribution in [0.15, 0.2) is 12.2 Å². The third-order valence-electron chi connectivity index (χ3n) is 3.00. The van der Waals surface area contributed by atoms with Crippen LogP contribution < -0.4 is 5.32 Å². The van der Waals surface area contributed by atoms with Crippen molar-refractivity contribution in [2.45, 2.75) is 39.0 Å². The van der Waals surface area contributed by atoms with Gasteiger partial charge in [-0.3, -0.25) is 0 Å². The van der Waals surface area contributed by atoms with Crippen molar-refractivity contribution in [1.82, 2.24) is 5.32 Å². The lowest BCUT2D eigenvalue weighted by Crippen LogP contribution is -2.20. The Labute approximate surface area is 94.1 Å². The van der Waals surface area contributed by atoms with E-state index in [-0.39, 0.29) is 0 Å². The van der Waals surface area contributed by atoms with Crippen LogP contribution in [0.2, 0.25) is 0 Å². The Morgan fingerprint density at radius 1 is 1.47 bits per heavy atom. The molecule has 0 saturated heterocycles. The molecule has 1 N–H and O–H groups in total. The molecule has 2 heteroatoms. The zero-order valence-corrected chi connectivity index (χ0v) is 10.1. The van der Waals surface area contributed by atoms with Crippen LogP contribution in [-0.4, -0.2) is 26.3 Å². The third kappa shape index (κ3) is 5.95. The van der Waals surface area contributed by atoms with Crippen LogP contribution in [0.4, 0.5) is 0 Å². The number of hydrogen-bond acceptors (Lipinski definition) is 2. The van der Waals surface area contributed by atoms with Gasteiger partial charge in [0.15, 0.2) is 0 Å². The maximum atomic E-state index is 5.59. The van der Waals surface area contributed by atoms with Crippen molar-refractivity contribution in [3.8, 4) is 0 Å². The van der Waals surface area contributed by atoms with Gasteiger partial charge in [0.05, 0.1) is 6.61 Å². The van der Waals surface area contributed by atoms with Crippen molar-refractivity contribution in [2.24, 2.45) is 5.92 Å². The van der Waals surface area contributed by atoms with Crippen molar-refractivity contribution in [3.63, 3.8) is 0 Å². The molecule has 0 bridgehead atoms. The lowest BCUT2D eigenvalue weighted by atomic mass is 9.83. The van der Waals surface area contributed by atoms with E-state index in [4.69, 9.17) is 4.74 Å². The molecule has 0 aromatic carbocycles. The molecule has 0 spiro atoms. The molecule has 0 aromatic heterocycles. The summed E-state index contributed by atoms with van der Waals surface area (Å²) in [6.07, 6.45) is 6.69. The average Bonchev–Trinajstić information content (AvgIpc) is 2.15. The number of hydrogen-bond donors (Lipinski definition) is 1. The summed E-state index contributed by atoms with van der Waals surface area (Å²) in [6, 6.07) is 0. The summed E-state index contributed by atoms with van der Waals surface area (Å²) in [6.45, 7) is 9.77. The van der Waals surface area contributed by atoms with E-state index in [0.717, 1.165) is 37.8 Å². The number of ether oxygens (including phenoxy) is 1. The van der Waals surface area contributed by atoms with Crippen LogP contribution in [0.3, 0.4) is 0 Å². The van der Waals surface area contributed by atoms with Crippen molar-refractivity contribution in [3.05, 3.63) is 12.2 Å². The highest BCUT2D eigenvalue weighted by molar-refractivity contribution is 4.96. The summed E-state index contributed by atoms with van der Waals surface area (Å²) in [7, 11) is 0. The minimum Gasteiger partial charge on any atom is -0.377 e. The lowest BCUT2D eigenvalue weighted by molar-refractivity contribution is 0.122. The average molecular weight is 211 g/mol. The van der Waals surface area contributed by atoms with Gasteiger partial charge in [0, 0.05) is 13.2 Å². The molecule has 0 heterocycles.